The average Bonchev–Trinajstić information content (AvgIpc) is 2.55. The summed E-state index contributed by atoms with van der Waals surface area (Å²) < 4.78 is 12.9. The molecule has 3 nitrogen and oxygen atoms in total. The Morgan fingerprint density at radius 2 is 1.79 bits per heavy atom. The maximum Gasteiger partial charge on any atom is 0.220 e. The Hall–Kier alpha value is -1.91. The molecule has 0 fully saturated rings. The van der Waals surface area contributed by atoms with Crippen molar-refractivity contribution in [3.63, 3.8) is 0 Å². The quantitative estimate of drug-likeness (QED) is 0.798. The minimum atomic E-state index is -1.24. The first-order chi connectivity index (χ1) is 11.4. The minimum absolute atomic E-state index is 0.0818. The van der Waals surface area contributed by atoms with Crippen LogP contribution in [0.1, 0.15) is 30.9 Å². The second-order valence-electron chi connectivity index (χ2n) is 6.04. The van der Waals surface area contributed by atoms with Gasteiger partial charge in [-0.2, -0.15) is 0 Å². The number of hydrogen-bond donors (Lipinski definition) is 2. The van der Waals surface area contributed by atoms with E-state index in [0.29, 0.717) is 23.4 Å². The largest absolute Gasteiger partial charge is 0.384 e. The van der Waals surface area contributed by atoms with Crippen molar-refractivity contribution in [2.75, 3.05) is 6.54 Å². The lowest BCUT2D eigenvalue weighted by Crippen LogP contribution is -2.38. The summed E-state index contributed by atoms with van der Waals surface area (Å²) in [7, 11) is 0. The molecule has 0 aliphatic heterocycles. The van der Waals surface area contributed by atoms with Gasteiger partial charge >= 0.3 is 0 Å². The number of carbonyl (C=O) groups is 1. The Kier molecular flexibility index (Phi) is 6.35. The Morgan fingerprint density at radius 3 is 2.42 bits per heavy atom. The van der Waals surface area contributed by atoms with Crippen LogP contribution in [-0.2, 0) is 16.8 Å². The summed E-state index contributed by atoms with van der Waals surface area (Å²) in [6, 6.07) is 13.2. The van der Waals surface area contributed by atoms with Crippen molar-refractivity contribution in [3.8, 4) is 0 Å². The number of halogens is 2. The molecule has 2 aromatic rings. The fraction of sp³-hybridized carbons (Fsp3) is 0.316. The zero-order valence-electron chi connectivity index (χ0n) is 13.6. The predicted molar refractivity (Wildman–Crippen MR) is 93.4 cm³/mol. The number of aryl methyl sites for hydroxylation is 1. The molecule has 0 aromatic heterocycles. The van der Waals surface area contributed by atoms with Gasteiger partial charge < -0.3 is 10.4 Å². The summed E-state index contributed by atoms with van der Waals surface area (Å²) in [6.07, 6.45) is 1.88. The summed E-state index contributed by atoms with van der Waals surface area (Å²) in [5.41, 5.74) is 0.454. The van der Waals surface area contributed by atoms with Crippen LogP contribution in [0.3, 0.4) is 0 Å². The number of rotatable bonds is 7. The summed E-state index contributed by atoms with van der Waals surface area (Å²) in [5.74, 6) is -0.480. The molecule has 1 atom stereocenters. The number of hydrogen-bond acceptors (Lipinski definition) is 2. The van der Waals surface area contributed by atoms with E-state index in [1.54, 1.807) is 6.92 Å². The number of benzene rings is 2. The standard InChI is InChI=1S/C19H21ClFNO2/c1-19(24,15-7-11-17(21)12-8-15)13-22-18(23)4-2-3-14-5-9-16(20)10-6-14/h5-12,24H,2-4,13H2,1H3,(H,22,23). The zero-order valence-corrected chi connectivity index (χ0v) is 14.3. The van der Waals surface area contributed by atoms with Crippen molar-refractivity contribution in [2.24, 2.45) is 0 Å². The van der Waals surface area contributed by atoms with E-state index < -0.39 is 5.60 Å². The molecule has 1 unspecified atom stereocenters. The van der Waals surface area contributed by atoms with Crippen molar-refractivity contribution in [3.05, 3.63) is 70.5 Å². The molecule has 128 valence electrons. The molecule has 0 radical (unpaired) electrons. The van der Waals surface area contributed by atoms with Crippen LogP contribution in [-0.4, -0.2) is 17.6 Å². The molecule has 0 aliphatic carbocycles. The second-order valence-corrected chi connectivity index (χ2v) is 6.47. The van der Waals surface area contributed by atoms with Crippen LogP contribution in [0, 0.1) is 5.82 Å². The van der Waals surface area contributed by atoms with E-state index in [1.807, 2.05) is 24.3 Å². The first-order valence-corrected chi connectivity index (χ1v) is 8.24. The van der Waals surface area contributed by atoms with Gasteiger partial charge in [0.2, 0.25) is 5.91 Å². The lowest BCUT2D eigenvalue weighted by Gasteiger charge is -2.24. The number of aliphatic hydroxyl groups is 1. The fourth-order valence-electron chi connectivity index (χ4n) is 2.37. The molecule has 0 spiro atoms. The second kappa shape index (κ2) is 8.27. The van der Waals surface area contributed by atoms with Gasteiger partial charge in [-0.1, -0.05) is 35.9 Å². The van der Waals surface area contributed by atoms with E-state index in [4.69, 9.17) is 11.6 Å². The van der Waals surface area contributed by atoms with Crippen molar-refractivity contribution in [2.45, 2.75) is 31.8 Å². The Morgan fingerprint density at radius 1 is 1.17 bits per heavy atom. The van der Waals surface area contributed by atoms with Gasteiger partial charge in [-0.25, -0.2) is 4.39 Å². The number of amides is 1. The molecule has 2 aromatic carbocycles. The van der Waals surface area contributed by atoms with Gasteiger partial charge in [-0.15, -0.1) is 0 Å². The van der Waals surface area contributed by atoms with Crippen molar-refractivity contribution in [1.82, 2.24) is 5.32 Å². The third-order valence-corrected chi connectivity index (χ3v) is 4.13. The summed E-state index contributed by atoms with van der Waals surface area (Å²) in [4.78, 5) is 11.9. The van der Waals surface area contributed by atoms with Gasteiger partial charge in [0.05, 0.1) is 6.54 Å². The van der Waals surface area contributed by atoms with Crippen LogP contribution in [0.2, 0.25) is 5.02 Å². The van der Waals surface area contributed by atoms with E-state index in [-0.39, 0.29) is 18.3 Å². The molecule has 2 N–H and O–H groups in total. The van der Waals surface area contributed by atoms with Crippen LogP contribution in [0.15, 0.2) is 48.5 Å². The van der Waals surface area contributed by atoms with E-state index in [9.17, 15) is 14.3 Å². The van der Waals surface area contributed by atoms with E-state index in [1.165, 1.54) is 24.3 Å². The molecule has 0 saturated heterocycles. The Labute approximate surface area is 146 Å². The first kappa shape index (κ1) is 18.4. The predicted octanol–water partition coefficient (Wildman–Crippen LogP) is 3.83. The highest BCUT2D eigenvalue weighted by Gasteiger charge is 2.23. The van der Waals surface area contributed by atoms with Crippen LogP contribution < -0.4 is 5.32 Å². The lowest BCUT2D eigenvalue weighted by atomic mass is 9.96. The van der Waals surface area contributed by atoms with Gasteiger partial charge in [0.15, 0.2) is 0 Å². The zero-order chi connectivity index (χ0) is 17.6. The SMILES string of the molecule is CC(O)(CNC(=O)CCCc1ccc(Cl)cc1)c1ccc(F)cc1. The minimum Gasteiger partial charge on any atom is -0.384 e. The van der Waals surface area contributed by atoms with Crippen LogP contribution in [0.5, 0.6) is 0 Å². The van der Waals surface area contributed by atoms with Crippen LogP contribution >= 0.6 is 11.6 Å². The molecule has 0 heterocycles. The Balaban J connectivity index is 1.75. The Bertz CT molecular complexity index is 669. The summed E-state index contributed by atoms with van der Waals surface area (Å²) in [5, 5.41) is 13.8. The molecule has 1 amide bonds. The summed E-state index contributed by atoms with van der Waals surface area (Å²) >= 11 is 5.83. The topological polar surface area (TPSA) is 49.3 Å². The molecule has 0 bridgehead atoms. The van der Waals surface area contributed by atoms with Crippen molar-refractivity contribution in [1.29, 1.82) is 0 Å². The first-order valence-electron chi connectivity index (χ1n) is 7.86. The molecular weight excluding hydrogens is 329 g/mol. The summed E-state index contributed by atoms with van der Waals surface area (Å²) in [6.45, 7) is 1.67. The third-order valence-electron chi connectivity index (χ3n) is 3.88. The maximum absolute atomic E-state index is 12.9. The third kappa shape index (κ3) is 5.62. The smallest absolute Gasteiger partial charge is 0.220 e. The van der Waals surface area contributed by atoms with Crippen molar-refractivity contribution >= 4 is 17.5 Å². The van der Waals surface area contributed by atoms with E-state index in [2.05, 4.69) is 5.32 Å². The number of nitrogens with one attached hydrogen (secondary N) is 1. The fourth-order valence-corrected chi connectivity index (χ4v) is 2.50. The highest BCUT2D eigenvalue weighted by Crippen LogP contribution is 2.20. The molecule has 2 rings (SSSR count). The maximum atomic E-state index is 12.9. The van der Waals surface area contributed by atoms with Gasteiger partial charge in [0.25, 0.3) is 0 Å². The van der Waals surface area contributed by atoms with E-state index >= 15 is 0 Å². The highest BCUT2D eigenvalue weighted by molar-refractivity contribution is 6.30. The van der Waals surface area contributed by atoms with Gasteiger partial charge in [0, 0.05) is 11.4 Å². The van der Waals surface area contributed by atoms with Gasteiger partial charge in [-0.05, 0) is 55.2 Å². The molecule has 0 aliphatic rings. The molecule has 0 saturated carbocycles. The normalized spacial score (nSPS) is 13.3. The van der Waals surface area contributed by atoms with Gasteiger partial charge in [0.1, 0.15) is 11.4 Å². The van der Waals surface area contributed by atoms with Crippen LogP contribution in [0.4, 0.5) is 4.39 Å². The van der Waals surface area contributed by atoms with Crippen molar-refractivity contribution < 1.29 is 14.3 Å². The van der Waals surface area contributed by atoms with Gasteiger partial charge in [-0.3, -0.25) is 4.79 Å². The number of carbonyl (C=O) groups excluding carboxylic acids is 1. The molecular formula is C19H21ClFNO2. The van der Waals surface area contributed by atoms with Crippen LogP contribution in [0.25, 0.3) is 0 Å². The van der Waals surface area contributed by atoms with E-state index in [0.717, 1.165) is 12.0 Å². The lowest BCUT2D eigenvalue weighted by molar-refractivity contribution is -0.122. The molecule has 24 heavy (non-hydrogen) atoms. The highest BCUT2D eigenvalue weighted by atomic mass is 35.5. The average molecular weight is 350 g/mol. The monoisotopic (exact) mass is 349 g/mol. The molecule has 5 heteroatoms.